The monoisotopic (exact) mass is 309 g/mol. The van der Waals surface area contributed by atoms with Crippen molar-refractivity contribution in [3.8, 4) is 11.4 Å². The summed E-state index contributed by atoms with van der Waals surface area (Å²) in [7, 11) is 0. The molecule has 0 radical (unpaired) electrons. The molecule has 0 aliphatic rings. The molecule has 0 spiro atoms. The molecule has 0 aliphatic carbocycles. The Hall–Kier alpha value is -2.66. The standard InChI is InChI=1S/C18H19N3O2/c1-12-2-7-16-15(10-12)20-18(21(16)9-8-17(22)23)14-5-3-13(11-19)4-6-14/h2-7,10H,8-9,11,19H2,1H3,(H,22,23). The summed E-state index contributed by atoms with van der Waals surface area (Å²) in [6.07, 6.45) is 0.0627. The van der Waals surface area contributed by atoms with Crippen LogP contribution in [-0.2, 0) is 17.9 Å². The summed E-state index contributed by atoms with van der Waals surface area (Å²) in [5.41, 5.74) is 10.6. The Morgan fingerprint density at radius 3 is 2.61 bits per heavy atom. The Morgan fingerprint density at radius 2 is 1.96 bits per heavy atom. The van der Waals surface area contributed by atoms with Crippen LogP contribution in [0, 0.1) is 6.92 Å². The molecule has 0 unspecified atom stereocenters. The smallest absolute Gasteiger partial charge is 0.305 e. The number of rotatable bonds is 5. The van der Waals surface area contributed by atoms with Crippen molar-refractivity contribution in [1.82, 2.24) is 9.55 Å². The average molecular weight is 309 g/mol. The van der Waals surface area contributed by atoms with Crippen molar-refractivity contribution >= 4 is 17.0 Å². The Balaban J connectivity index is 2.12. The normalized spacial score (nSPS) is 11.0. The maximum Gasteiger partial charge on any atom is 0.305 e. The van der Waals surface area contributed by atoms with Gasteiger partial charge in [0.2, 0.25) is 0 Å². The van der Waals surface area contributed by atoms with Gasteiger partial charge in [-0.1, -0.05) is 30.3 Å². The first-order chi connectivity index (χ1) is 11.1. The van der Waals surface area contributed by atoms with Gasteiger partial charge in [0.15, 0.2) is 0 Å². The molecule has 23 heavy (non-hydrogen) atoms. The third kappa shape index (κ3) is 3.10. The molecule has 1 aromatic heterocycles. The number of aryl methyl sites for hydroxylation is 2. The lowest BCUT2D eigenvalue weighted by atomic mass is 10.1. The van der Waals surface area contributed by atoms with Gasteiger partial charge < -0.3 is 15.4 Å². The van der Waals surface area contributed by atoms with Gasteiger partial charge in [-0.05, 0) is 30.2 Å². The van der Waals surface area contributed by atoms with Gasteiger partial charge in [0, 0.05) is 18.7 Å². The highest BCUT2D eigenvalue weighted by Crippen LogP contribution is 2.26. The maximum absolute atomic E-state index is 11.0. The number of aliphatic carboxylic acids is 1. The van der Waals surface area contributed by atoms with Gasteiger partial charge >= 0.3 is 5.97 Å². The zero-order valence-electron chi connectivity index (χ0n) is 13.0. The number of hydrogen-bond donors (Lipinski definition) is 2. The van der Waals surface area contributed by atoms with Crippen molar-refractivity contribution in [2.24, 2.45) is 5.73 Å². The number of hydrogen-bond acceptors (Lipinski definition) is 3. The molecule has 1 heterocycles. The fourth-order valence-electron chi connectivity index (χ4n) is 2.68. The molecule has 0 fully saturated rings. The van der Waals surface area contributed by atoms with E-state index in [1.165, 1.54) is 0 Å². The largest absolute Gasteiger partial charge is 0.481 e. The van der Waals surface area contributed by atoms with Gasteiger partial charge in [-0.3, -0.25) is 4.79 Å². The van der Waals surface area contributed by atoms with E-state index in [9.17, 15) is 4.79 Å². The molecule has 0 saturated heterocycles. The van der Waals surface area contributed by atoms with Crippen LogP contribution in [0.3, 0.4) is 0 Å². The Kier molecular flexibility index (Phi) is 4.12. The van der Waals surface area contributed by atoms with Crippen LogP contribution >= 0.6 is 0 Å². The highest BCUT2D eigenvalue weighted by molar-refractivity contribution is 5.81. The molecule has 3 N–H and O–H groups in total. The van der Waals surface area contributed by atoms with Gasteiger partial charge in [-0.15, -0.1) is 0 Å². The SMILES string of the molecule is Cc1ccc2c(c1)nc(-c1ccc(CN)cc1)n2CCC(=O)O. The van der Waals surface area contributed by atoms with Crippen molar-refractivity contribution in [3.63, 3.8) is 0 Å². The highest BCUT2D eigenvalue weighted by Gasteiger charge is 2.13. The summed E-state index contributed by atoms with van der Waals surface area (Å²) in [6.45, 7) is 2.91. The van der Waals surface area contributed by atoms with E-state index in [1.807, 2.05) is 54.0 Å². The number of imidazole rings is 1. The molecular weight excluding hydrogens is 290 g/mol. The molecule has 5 heteroatoms. The third-order valence-corrected chi connectivity index (χ3v) is 3.90. The van der Waals surface area contributed by atoms with Crippen LogP contribution in [-0.4, -0.2) is 20.6 Å². The molecule has 0 atom stereocenters. The first-order valence-corrected chi connectivity index (χ1v) is 7.56. The van der Waals surface area contributed by atoms with Gasteiger partial charge in [-0.2, -0.15) is 0 Å². The molecule has 3 aromatic rings. The molecule has 118 valence electrons. The van der Waals surface area contributed by atoms with Crippen LogP contribution in [0.1, 0.15) is 17.5 Å². The first kappa shape index (κ1) is 15.2. The summed E-state index contributed by atoms with van der Waals surface area (Å²) in [6, 6.07) is 13.9. The minimum Gasteiger partial charge on any atom is -0.481 e. The topological polar surface area (TPSA) is 81.1 Å². The predicted molar refractivity (Wildman–Crippen MR) is 90.1 cm³/mol. The van der Waals surface area contributed by atoms with Crippen LogP contribution in [0.2, 0.25) is 0 Å². The van der Waals surface area contributed by atoms with E-state index in [4.69, 9.17) is 15.8 Å². The maximum atomic E-state index is 11.0. The summed E-state index contributed by atoms with van der Waals surface area (Å²) in [4.78, 5) is 15.7. The summed E-state index contributed by atoms with van der Waals surface area (Å²) in [5.74, 6) is -0.0289. The first-order valence-electron chi connectivity index (χ1n) is 7.56. The van der Waals surface area contributed by atoms with Crippen LogP contribution in [0.5, 0.6) is 0 Å². The fraction of sp³-hybridized carbons (Fsp3) is 0.222. The number of carbonyl (C=O) groups is 1. The molecule has 0 bridgehead atoms. The Labute approximate surface area is 134 Å². The third-order valence-electron chi connectivity index (χ3n) is 3.90. The minimum atomic E-state index is -0.816. The lowest BCUT2D eigenvalue weighted by molar-refractivity contribution is -0.137. The quantitative estimate of drug-likeness (QED) is 0.759. The van der Waals surface area contributed by atoms with E-state index in [-0.39, 0.29) is 6.42 Å². The minimum absolute atomic E-state index is 0.0627. The van der Waals surface area contributed by atoms with Crippen molar-refractivity contribution in [2.45, 2.75) is 26.4 Å². The van der Waals surface area contributed by atoms with E-state index in [0.29, 0.717) is 13.1 Å². The number of benzene rings is 2. The lowest BCUT2D eigenvalue weighted by Gasteiger charge is -2.08. The molecule has 0 amide bonds. The molecule has 0 aliphatic heterocycles. The van der Waals surface area contributed by atoms with E-state index < -0.39 is 5.97 Å². The predicted octanol–water partition coefficient (Wildman–Crippen LogP) is 2.95. The van der Waals surface area contributed by atoms with Crippen LogP contribution in [0.15, 0.2) is 42.5 Å². The van der Waals surface area contributed by atoms with Gasteiger partial charge in [0.25, 0.3) is 0 Å². The Morgan fingerprint density at radius 1 is 1.22 bits per heavy atom. The van der Waals surface area contributed by atoms with Gasteiger partial charge in [-0.25, -0.2) is 4.98 Å². The fourth-order valence-corrected chi connectivity index (χ4v) is 2.68. The Bertz CT molecular complexity index is 851. The number of fused-ring (bicyclic) bond motifs is 1. The summed E-state index contributed by atoms with van der Waals surface area (Å²) < 4.78 is 1.97. The number of nitrogens with two attached hydrogens (primary N) is 1. The van der Waals surface area contributed by atoms with E-state index >= 15 is 0 Å². The van der Waals surface area contributed by atoms with Crippen LogP contribution in [0.25, 0.3) is 22.4 Å². The van der Waals surface area contributed by atoms with E-state index in [1.54, 1.807) is 0 Å². The lowest BCUT2D eigenvalue weighted by Crippen LogP contribution is -2.06. The number of carboxylic acids is 1. The summed E-state index contributed by atoms with van der Waals surface area (Å²) in [5, 5.41) is 9.01. The van der Waals surface area contributed by atoms with Gasteiger partial charge in [0.05, 0.1) is 17.5 Å². The zero-order valence-corrected chi connectivity index (χ0v) is 13.0. The van der Waals surface area contributed by atoms with Crippen LogP contribution < -0.4 is 5.73 Å². The highest BCUT2D eigenvalue weighted by atomic mass is 16.4. The molecule has 2 aromatic carbocycles. The van der Waals surface area contributed by atoms with Crippen molar-refractivity contribution < 1.29 is 9.90 Å². The van der Waals surface area contributed by atoms with Crippen molar-refractivity contribution in [1.29, 1.82) is 0 Å². The molecule has 5 nitrogen and oxygen atoms in total. The molecule has 0 saturated carbocycles. The van der Waals surface area contributed by atoms with Crippen molar-refractivity contribution in [2.75, 3.05) is 0 Å². The number of carboxylic acid groups (broad SMARTS) is 1. The number of aromatic nitrogens is 2. The van der Waals surface area contributed by atoms with Gasteiger partial charge in [0.1, 0.15) is 5.82 Å². The average Bonchev–Trinajstić information content (AvgIpc) is 2.90. The second-order valence-corrected chi connectivity index (χ2v) is 5.62. The molecule has 3 rings (SSSR count). The second kappa shape index (κ2) is 6.22. The second-order valence-electron chi connectivity index (χ2n) is 5.62. The van der Waals surface area contributed by atoms with E-state index in [2.05, 4.69) is 0 Å². The van der Waals surface area contributed by atoms with Crippen LogP contribution in [0.4, 0.5) is 0 Å². The molecular formula is C18H19N3O2. The summed E-state index contributed by atoms with van der Waals surface area (Å²) >= 11 is 0. The van der Waals surface area contributed by atoms with Crippen molar-refractivity contribution in [3.05, 3.63) is 53.6 Å². The zero-order chi connectivity index (χ0) is 16.4. The van der Waals surface area contributed by atoms with E-state index in [0.717, 1.165) is 33.5 Å². The number of nitrogens with zero attached hydrogens (tertiary/aromatic N) is 2.